The molecule has 0 radical (unpaired) electrons. The van der Waals surface area contributed by atoms with Gasteiger partial charge >= 0.3 is 0 Å². The highest BCUT2D eigenvalue weighted by molar-refractivity contribution is 4.82. The molecule has 0 fully saturated rings. The Morgan fingerprint density at radius 3 is 2.06 bits per heavy atom. The lowest BCUT2D eigenvalue weighted by atomic mass is 10.1. The quantitative estimate of drug-likeness (QED) is 0.518. The first-order chi connectivity index (χ1) is 8.35. The Hall–Kier alpha value is -0.540. The van der Waals surface area contributed by atoms with Crippen LogP contribution in [0.5, 0.6) is 0 Å². The van der Waals surface area contributed by atoms with Crippen LogP contribution in [0, 0.1) is 0 Å². The van der Waals surface area contributed by atoms with Crippen molar-refractivity contribution in [2.75, 3.05) is 26.3 Å². The molecule has 102 valence electrons. The Morgan fingerprint density at radius 2 is 1.53 bits per heavy atom. The van der Waals surface area contributed by atoms with E-state index in [-0.39, 0.29) is 13.2 Å². The number of unbranched alkanes of at least 4 members (excludes halogenated alkanes) is 4. The summed E-state index contributed by atoms with van der Waals surface area (Å²) in [6.45, 7) is 4.45. The van der Waals surface area contributed by atoms with E-state index in [0.717, 1.165) is 32.4 Å². The van der Waals surface area contributed by atoms with E-state index in [2.05, 4.69) is 24.1 Å². The lowest BCUT2D eigenvalue weighted by molar-refractivity contribution is 0.236. The molecule has 2 N–H and O–H groups in total. The third-order valence-corrected chi connectivity index (χ3v) is 2.75. The predicted molar refractivity (Wildman–Crippen MR) is 72.9 cm³/mol. The van der Waals surface area contributed by atoms with Gasteiger partial charge in [0.15, 0.2) is 0 Å². The van der Waals surface area contributed by atoms with E-state index in [9.17, 15) is 0 Å². The maximum Gasteiger partial charge on any atom is 0.0447 e. The summed E-state index contributed by atoms with van der Waals surface area (Å²) in [4.78, 5) is 2.19. The SMILES string of the molecule is CCCCCCC=CN(CCCO)CCCO. The molecule has 0 bridgehead atoms. The fourth-order valence-corrected chi connectivity index (χ4v) is 1.72. The summed E-state index contributed by atoms with van der Waals surface area (Å²) < 4.78 is 0. The molecule has 0 aliphatic rings. The second-order valence-corrected chi connectivity index (χ2v) is 4.42. The van der Waals surface area contributed by atoms with Gasteiger partial charge < -0.3 is 15.1 Å². The van der Waals surface area contributed by atoms with Gasteiger partial charge in [0.2, 0.25) is 0 Å². The molecule has 0 unspecified atom stereocenters. The Kier molecular flexibility index (Phi) is 13.1. The molecule has 0 saturated carbocycles. The van der Waals surface area contributed by atoms with Gasteiger partial charge in [0, 0.05) is 26.3 Å². The maximum absolute atomic E-state index is 8.81. The van der Waals surface area contributed by atoms with Crippen LogP contribution in [0.3, 0.4) is 0 Å². The monoisotopic (exact) mass is 243 g/mol. The van der Waals surface area contributed by atoms with Crippen molar-refractivity contribution in [3.05, 3.63) is 12.3 Å². The summed E-state index contributed by atoms with van der Waals surface area (Å²) in [7, 11) is 0. The van der Waals surface area contributed by atoms with Crippen molar-refractivity contribution < 1.29 is 10.2 Å². The van der Waals surface area contributed by atoms with Crippen LogP contribution in [0.4, 0.5) is 0 Å². The van der Waals surface area contributed by atoms with E-state index < -0.39 is 0 Å². The Morgan fingerprint density at radius 1 is 0.882 bits per heavy atom. The van der Waals surface area contributed by atoms with Gasteiger partial charge in [0.25, 0.3) is 0 Å². The molecule has 17 heavy (non-hydrogen) atoms. The summed E-state index contributed by atoms with van der Waals surface area (Å²) in [5, 5.41) is 17.6. The summed E-state index contributed by atoms with van der Waals surface area (Å²) >= 11 is 0. The van der Waals surface area contributed by atoms with E-state index in [1.807, 2.05) is 0 Å². The van der Waals surface area contributed by atoms with Crippen molar-refractivity contribution in [3.63, 3.8) is 0 Å². The van der Waals surface area contributed by atoms with Crippen LogP contribution in [-0.4, -0.2) is 41.4 Å². The zero-order valence-electron chi connectivity index (χ0n) is 11.3. The number of allylic oxidation sites excluding steroid dienone is 1. The fraction of sp³-hybridized carbons (Fsp3) is 0.857. The van der Waals surface area contributed by atoms with Gasteiger partial charge in [-0.25, -0.2) is 0 Å². The molecule has 0 aliphatic carbocycles. The number of hydrogen-bond acceptors (Lipinski definition) is 3. The number of rotatable bonds is 12. The minimum Gasteiger partial charge on any atom is -0.396 e. The average Bonchev–Trinajstić information content (AvgIpc) is 2.35. The Labute approximate surface area is 106 Å². The first-order valence-electron chi connectivity index (χ1n) is 6.97. The van der Waals surface area contributed by atoms with Crippen LogP contribution < -0.4 is 0 Å². The van der Waals surface area contributed by atoms with Crippen molar-refractivity contribution in [1.82, 2.24) is 4.90 Å². The maximum atomic E-state index is 8.81. The van der Waals surface area contributed by atoms with Crippen molar-refractivity contribution in [3.8, 4) is 0 Å². The number of hydrogen-bond donors (Lipinski definition) is 2. The van der Waals surface area contributed by atoms with Crippen molar-refractivity contribution in [1.29, 1.82) is 0 Å². The van der Waals surface area contributed by atoms with E-state index in [0.29, 0.717) is 0 Å². The molecule has 0 saturated heterocycles. The largest absolute Gasteiger partial charge is 0.396 e. The highest BCUT2D eigenvalue weighted by atomic mass is 16.3. The van der Waals surface area contributed by atoms with Crippen LogP contribution in [0.2, 0.25) is 0 Å². The number of aliphatic hydroxyl groups excluding tert-OH is 2. The average molecular weight is 243 g/mol. The van der Waals surface area contributed by atoms with Gasteiger partial charge in [0.1, 0.15) is 0 Å². The lowest BCUT2D eigenvalue weighted by Gasteiger charge is -2.19. The molecule has 0 amide bonds. The standard InChI is InChI=1S/C14H29NO2/c1-2-3-4-5-6-7-10-15(11-8-13-16)12-9-14-17/h7,10,16-17H,2-6,8-9,11-14H2,1H3. The topological polar surface area (TPSA) is 43.7 Å². The molecule has 0 heterocycles. The second kappa shape index (κ2) is 13.5. The van der Waals surface area contributed by atoms with Crippen molar-refractivity contribution in [2.45, 2.75) is 51.9 Å². The molecule has 0 aliphatic heterocycles. The second-order valence-electron chi connectivity index (χ2n) is 4.42. The van der Waals surface area contributed by atoms with E-state index in [1.54, 1.807) is 0 Å². The summed E-state index contributed by atoms with van der Waals surface area (Å²) in [6, 6.07) is 0. The third kappa shape index (κ3) is 11.7. The van der Waals surface area contributed by atoms with Gasteiger partial charge in [-0.3, -0.25) is 0 Å². The smallest absolute Gasteiger partial charge is 0.0447 e. The first-order valence-corrected chi connectivity index (χ1v) is 6.97. The molecule has 0 aromatic rings. The molecule has 0 aromatic carbocycles. The van der Waals surface area contributed by atoms with E-state index in [1.165, 1.54) is 25.7 Å². The molecular formula is C14H29NO2. The van der Waals surface area contributed by atoms with Gasteiger partial charge in [-0.15, -0.1) is 0 Å². The summed E-state index contributed by atoms with van der Waals surface area (Å²) in [5.74, 6) is 0. The Balaban J connectivity index is 3.66. The van der Waals surface area contributed by atoms with Crippen LogP contribution in [0.25, 0.3) is 0 Å². The van der Waals surface area contributed by atoms with Crippen molar-refractivity contribution >= 4 is 0 Å². The molecule has 3 heteroatoms. The molecule has 0 spiro atoms. The minimum absolute atomic E-state index is 0.236. The van der Waals surface area contributed by atoms with Gasteiger partial charge in [-0.2, -0.15) is 0 Å². The minimum atomic E-state index is 0.236. The number of nitrogens with zero attached hydrogens (tertiary/aromatic N) is 1. The molecule has 0 aromatic heterocycles. The van der Waals surface area contributed by atoms with Gasteiger partial charge in [0.05, 0.1) is 0 Å². The number of aliphatic hydroxyl groups is 2. The Bertz CT molecular complexity index is 164. The molecule has 0 rings (SSSR count). The zero-order chi connectivity index (χ0) is 12.8. The van der Waals surface area contributed by atoms with Gasteiger partial charge in [-0.05, 0) is 31.9 Å². The van der Waals surface area contributed by atoms with Crippen LogP contribution in [-0.2, 0) is 0 Å². The van der Waals surface area contributed by atoms with Crippen molar-refractivity contribution in [2.24, 2.45) is 0 Å². The van der Waals surface area contributed by atoms with Gasteiger partial charge in [-0.1, -0.05) is 32.3 Å². The molecule has 3 nitrogen and oxygen atoms in total. The third-order valence-electron chi connectivity index (χ3n) is 2.75. The normalized spacial score (nSPS) is 11.2. The van der Waals surface area contributed by atoms with Crippen LogP contribution >= 0.6 is 0 Å². The highest BCUT2D eigenvalue weighted by Gasteiger charge is 1.97. The zero-order valence-corrected chi connectivity index (χ0v) is 11.3. The fourth-order valence-electron chi connectivity index (χ4n) is 1.72. The summed E-state index contributed by atoms with van der Waals surface area (Å²) in [6.07, 6.45) is 12.2. The van der Waals surface area contributed by atoms with Crippen LogP contribution in [0.15, 0.2) is 12.3 Å². The molecule has 0 atom stereocenters. The highest BCUT2D eigenvalue weighted by Crippen LogP contribution is 2.04. The van der Waals surface area contributed by atoms with E-state index in [4.69, 9.17) is 10.2 Å². The van der Waals surface area contributed by atoms with Crippen LogP contribution in [0.1, 0.15) is 51.9 Å². The lowest BCUT2D eigenvalue weighted by Crippen LogP contribution is -2.21. The predicted octanol–water partition coefficient (Wildman–Crippen LogP) is 2.54. The molecular weight excluding hydrogens is 214 g/mol. The first kappa shape index (κ1) is 16.5. The summed E-state index contributed by atoms with van der Waals surface area (Å²) in [5.41, 5.74) is 0. The van der Waals surface area contributed by atoms with E-state index >= 15 is 0 Å².